The lowest BCUT2D eigenvalue weighted by molar-refractivity contribution is 0.477. The van der Waals surface area contributed by atoms with E-state index in [4.69, 9.17) is 16.6 Å². The number of hydrogen-bond acceptors (Lipinski definition) is 2. The summed E-state index contributed by atoms with van der Waals surface area (Å²) in [7, 11) is 0. The first-order chi connectivity index (χ1) is 13.2. The van der Waals surface area contributed by atoms with Crippen molar-refractivity contribution in [2.24, 2.45) is 0 Å². The molecule has 0 saturated heterocycles. The molecule has 1 aromatic heterocycles. The number of hydrogen-bond donors (Lipinski definition) is 1. The minimum absolute atomic E-state index is 0.0406. The number of nitrogens with zero attached hydrogens (tertiary/aromatic N) is 2. The molecule has 2 atom stereocenters. The van der Waals surface area contributed by atoms with Crippen LogP contribution < -0.4 is 5.32 Å². The molecule has 3 nitrogen and oxygen atoms in total. The molecule has 1 aliphatic rings. The summed E-state index contributed by atoms with van der Waals surface area (Å²) in [6.07, 6.45) is 0.819. The number of imidazole rings is 1. The van der Waals surface area contributed by atoms with Gasteiger partial charge in [-0.15, -0.1) is 0 Å². The van der Waals surface area contributed by atoms with Crippen LogP contribution in [0.1, 0.15) is 29.6 Å². The molecule has 0 aliphatic carbocycles. The monoisotopic (exact) mass is 377 g/mol. The van der Waals surface area contributed by atoms with E-state index in [2.05, 4.69) is 22.0 Å². The van der Waals surface area contributed by atoms with Gasteiger partial charge in [0.2, 0.25) is 5.95 Å². The van der Waals surface area contributed by atoms with Crippen LogP contribution in [0.2, 0.25) is 5.02 Å². The Hall–Kier alpha value is -2.85. The molecule has 1 N–H and O–H groups in total. The zero-order valence-electron chi connectivity index (χ0n) is 14.4. The van der Waals surface area contributed by atoms with Crippen molar-refractivity contribution in [3.63, 3.8) is 0 Å². The van der Waals surface area contributed by atoms with Gasteiger partial charge in [0.25, 0.3) is 0 Å². The number of nitrogens with one attached hydrogen (secondary N) is 1. The molecule has 0 saturated carbocycles. The number of benzene rings is 3. The molecule has 4 aromatic rings. The lowest BCUT2D eigenvalue weighted by Crippen LogP contribution is -2.27. The van der Waals surface area contributed by atoms with Gasteiger partial charge in [-0.3, -0.25) is 0 Å². The summed E-state index contributed by atoms with van der Waals surface area (Å²) in [6, 6.07) is 22.9. The van der Waals surface area contributed by atoms with E-state index in [9.17, 15) is 4.39 Å². The topological polar surface area (TPSA) is 29.9 Å². The number of halogens is 2. The second-order valence-electron chi connectivity index (χ2n) is 6.85. The minimum Gasteiger partial charge on any atom is -0.349 e. The summed E-state index contributed by atoms with van der Waals surface area (Å²) in [5, 5.41) is 4.25. The van der Waals surface area contributed by atoms with Gasteiger partial charge in [-0.05, 0) is 53.9 Å². The minimum atomic E-state index is -0.229. The van der Waals surface area contributed by atoms with Crippen molar-refractivity contribution in [1.82, 2.24) is 9.55 Å². The van der Waals surface area contributed by atoms with Gasteiger partial charge >= 0.3 is 0 Å². The molecular formula is C22H17ClFN3. The predicted molar refractivity (Wildman–Crippen MR) is 107 cm³/mol. The average molecular weight is 378 g/mol. The SMILES string of the molecule is Fc1ccc(C2CC(c3cccc(Cl)c3)n3c(nc4ccccc43)N2)cc1. The lowest BCUT2D eigenvalue weighted by atomic mass is 9.93. The molecule has 0 amide bonds. The third kappa shape index (κ3) is 2.86. The van der Waals surface area contributed by atoms with Gasteiger partial charge in [0.1, 0.15) is 5.82 Å². The molecule has 0 bridgehead atoms. The first kappa shape index (κ1) is 16.3. The van der Waals surface area contributed by atoms with Gasteiger partial charge < -0.3 is 9.88 Å². The van der Waals surface area contributed by atoms with Crippen molar-refractivity contribution in [2.75, 3.05) is 5.32 Å². The number of aromatic nitrogens is 2. The van der Waals surface area contributed by atoms with E-state index in [0.717, 1.165) is 39.6 Å². The maximum atomic E-state index is 13.4. The molecular weight excluding hydrogens is 361 g/mol. The summed E-state index contributed by atoms with van der Waals surface area (Å²) in [6.45, 7) is 0. The Kier molecular flexibility index (Phi) is 3.87. The highest BCUT2D eigenvalue weighted by Crippen LogP contribution is 2.41. The lowest BCUT2D eigenvalue weighted by Gasteiger charge is -2.33. The largest absolute Gasteiger partial charge is 0.349 e. The van der Waals surface area contributed by atoms with Gasteiger partial charge in [-0.2, -0.15) is 0 Å². The second kappa shape index (κ2) is 6.39. The van der Waals surface area contributed by atoms with Crippen LogP contribution in [-0.4, -0.2) is 9.55 Å². The summed E-state index contributed by atoms with van der Waals surface area (Å²) in [5.74, 6) is 0.593. The van der Waals surface area contributed by atoms with E-state index < -0.39 is 0 Å². The second-order valence-corrected chi connectivity index (χ2v) is 7.29. The third-order valence-corrected chi connectivity index (χ3v) is 5.41. The molecule has 1 aliphatic heterocycles. The molecule has 2 unspecified atom stereocenters. The van der Waals surface area contributed by atoms with Gasteiger partial charge in [0.15, 0.2) is 0 Å². The van der Waals surface area contributed by atoms with E-state index in [0.29, 0.717) is 0 Å². The maximum Gasteiger partial charge on any atom is 0.204 e. The van der Waals surface area contributed by atoms with Crippen LogP contribution in [0.25, 0.3) is 11.0 Å². The van der Waals surface area contributed by atoms with Crippen LogP contribution in [0.5, 0.6) is 0 Å². The van der Waals surface area contributed by atoms with Crippen LogP contribution in [0.3, 0.4) is 0 Å². The molecule has 2 heterocycles. The van der Waals surface area contributed by atoms with Gasteiger partial charge in [-0.1, -0.05) is 48.0 Å². The van der Waals surface area contributed by atoms with E-state index >= 15 is 0 Å². The molecule has 134 valence electrons. The molecule has 0 fully saturated rings. The Bertz CT molecular complexity index is 1120. The third-order valence-electron chi connectivity index (χ3n) is 5.18. The summed E-state index contributed by atoms with van der Waals surface area (Å²) < 4.78 is 15.6. The Morgan fingerprint density at radius 3 is 2.59 bits per heavy atom. The van der Waals surface area contributed by atoms with E-state index in [1.807, 2.05) is 48.5 Å². The number of para-hydroxylation sites is 2. The predicted octanol–water partition coefficient (Wildman–Crippen LogP) is 5.98. The van der Waals surface area contributed by atoms with Crippen LogP contribution in [0.4, 0.5) is 10.3 Å². The Balaban J connectivity index is 1.67. The Morgan fingerprint density at radius 1 is 0.963 bits per heavy atom. The fourth-order valence-corrected chi connectivity index (χ4v) is 4.12. The smallest absolute Gasteiger partial charge is 0.204 e. The van der Waals surface area contributed by atoms with Crippen molar-refractivity contribution < 1.29 is 4.39 Å². The van der Waals surface area contributed by atoms with Gasteiger partial charge in [0, 0.05) is 5.02 Å². The maximum absolute atomic E-state index is 13.4. The molecule has 3 aromatic carbocycles. The highest BCUT2D eigenvalue weighted by molar-refractivity contribution is 6.30. The van der Waals surface area contributed by atoms with Crippen LogP contribution >= 0.6 is 11.6 Å². The van der Waals surface area contributed by atoms with Crippen molar-refractivity contribution >= 4 is 28.6 Å². The highest BCUT2D eigenvalue weighted by Gasteiger charge is 2.31. The summed E-state index contributed by atoms with van der Waals surface area (Å²) >= 11 is 6.27. The molecule has 5 heteroatoms. The number of fused-ring (bicyclic) bond motifs is 3. The molecule has 27 heavy (non-hydrogen) atoms. The summed E-state index contributed by atoms with van der Waals surface area (Å²) in [5.41, 5.74) is 4.22. The normalized spacial score (nSPS) is 18.9. The standard InChI is InChI=1S/C22H17ClFN3/c23-16-5-3-4-15(12-16)21-13-19(14-8-10-17(24)11-9-14)26-22-25-18-6-1-2-7-20(18)27(21)22/h1-12,19,21H,13H2,(H,25,26). The van der Waals surface area contributed by atoms with Crippen molar-refractivity contribution in [3.8, 4) is 0 Å². The zero-order chi connectivity index (χ0) is 18.4. The van der Waals surface area contributed by atoms with Crippen LogP contribution in [0.15, 0.2) is 72.8 Å². The van der Waals surface area contributed by atoms with Crippen molar-refractivity contribution in [1.29, 1.82) is 0 Å². The van der Waals surface area contributed by atoms with Gasteiger partial charge in [-0.25, -0.2) is 9.37 Å². The number of rotatable bonds is 2. The first-order valence-corrected chi connectivity index (χ1v) is 9.31. The Labute approximate surface area is 161 Å². The van der Waals surface area contributed by atoms with Gasteiger partial charge in [0.05, 0.1) is 23.1 Å². The number of anilines is 1. The van der Waals surface area contributed by atoms with E-state index in [1.54, 1.807) is 0 Å². The van der Waals surface area contributed by atoms with Crippen molar-refractivity contribution in [3.05, 3.63) is 94.8 Å². The highest BCUT2D eigenvalue weighted by atomic mass is 35.5. The molecule has 0 radical (unpaired) electrons. The Morgan fingerprint density at radius 2 is 1.78 bits per heavy atom. The quantitative estimate of drug-likeness (QED) is 0.466. The zero-order valence-corrected chi connectivity index (χ0v) is 15.2. The van der Waals surface area contributed by atoms with E-state index in [1.165, 1.54) is 12.1 Å². The molecule has 5 rings (SSSR count). The fourth-order valence-electron chi connectivity index (χ4n) is 3.92. The van der Waals surface area contributed by atoms with E-state index in [-0.39, 0.29) is 17.9 Å². The summed E-state index contributed by atoms with van der Waals surface area (Å²) in [4.78, 5) is 4.79. The fraction of sp³-hybridized carbons (Fsp3) is 0.136. The molecule has 0 spiro atoms. The van der Waals surface area contributed by atoms with Crippen molar-refractivity contribution in [2.45, 2.75) is 18.5 Å². The average Bonchev–Trinajstić information content (AvgIpc) is 3.06. The first-order valence-electron chi connectivity index (χ1n) is 8.93. The van der Waals surface area contributed by atoms with Crippen LogP contribution in [-0.2, 0) is 0 Å². The van der Waals surface area contributed by atoms with Crippen LogP contribution in [0, 0.1) is 5.82 Å².